The van der Waals surface area contributed by atoms with Crippen molar-refractivity contribution >= 4 is 17.6 Å². The summed E-state index contributed by atoms with van der Waals surface area (Å²) in [6.07, 6.45) is 3.21. The quantitative estimate of drug-likeness (QED) is 0.370. The molecule has 4 rings (SSSR count). The Morgan fingerprint density at radius 1 is 0.909 bits per heavy atom. The first kappa shape index (κ1) is 21.9. The number of nitrogens with one attached hydrogen (secondary N) is 1. The van der Waals surface area contributed by atoms with E-state index in [1.165, 1.54) is 6.07 Å². The number of ether oxygens (including phenoxy) is 1. The molecule has 166 valence electrons. The van der Waals surface area contributed by atoms with Gasteiger partial charge in [0.15, 0.2) is 6.61 Å². The number of para-hydroxylation sites is 1. The summed E-state index contributed by atoms with van der Waals surface area (Å²) in [5.74, 6) is -1.06. The normalized spacial score (nSPS) is 10.6. The highest BCUT2D eigenvalue weighted by molar-refractivity contribution is 6.05. The van der Waals surface area contributed by atoms with Crippen molar-refractivity contribution in [1.29, 1.82) is 0 Å². The number of furan rings is 1. The molecule has 0 saturated carbocycles. The third-order valence-electron chi connectivity index (χ3n) is 5.15. The van der Waals surface area contributed by atoms with Crippen LogP contribution in [0.2, 0.25) is 0 Å². The average molecular weight is 441 g/mol. The van der Waals surface area contributed by atoms with Crippen molar-refractivity contribution in [2.45, 2.75) is 13.8 Å². The molecule has 0 aliphatic heterocycles. The second-order valence-corrected chi connectivity index (χ2v) is 7.79. The molecule has 33 heavy (non-hydrogen) atoms. The third-order valence-corrected chi connectivity index (χ3v) is 5.15. The van der Waals surface area contributed by atoms with Crippen LogP contribution >= 0.6 is 0 Å². The number of anilines is 1. The molecule has 1 aromatic heterocycles. The van der Waals surface area contributed by atoms with E-state index in [2.05, 4.69) is 5.32 Å². The van der Waals surface area contributed by atoms with Crippen molar-refractivity contribution in [2.24, 2.45) is 0 Å². The second-order valence-electron chi connectivity index (χ2n) is 7.79. The molecule has 0 atom stereocenters. The maximum absolute atomic E-state index is 12.7. The highest BCUT2D eigenvalue weighted by Gasteiger charge is 2.18. The minimum absolute atomic E-state index is 0.0157. The number of aryl methyl sites for hydroxylation is 2. The van der Waals surface area contributed by atoms with E-state index in [1.807, 2.05) is 56.3 Å². The van der Waals surface area contributed by atoms with E-state index in [-0.39, 0.29) is 17.9 Å². The summed E-state index contributed by atoms with van der Waals surface area (Å²) in [5, 5.41) is 12.4. The Bertz CT molecular complexity index is 1290. The molecule has 4 aromatic rings. The van der Waals surface area contributed by atoms with Gasteiger partial charge in [0.05, 0.1) is 23.8 Å². The van der Waals surface area contributed by atoms with Gasteiger partial charge >= 0.3 is 5.97 Å². The lowest BCUT2D eigenvalue weighted by Crippen LogP contribution is -2.22. The fourth-order valence-electron chi connectivity index (χ4n) is 3.75. The van der Waals surface area contributed by atoms with Crippen LogP contribution < -0.4 is 10.1 Å². The molecule has 0 aliphatic carbocycles. The number of rotatable bonds is 7. The lowest BCUT2D eigenvalue weighted by molar-refractivity contribution is -0.118. The minimum atomic E-state index is -1.12. The number of carbonyl (C=O) groups is 2. The summed E-state index contributed by atoms with van der Waals surface area (Å²) < 4.78 is 10.8. The number of aromatic carboxylic acids is 1. The summed E-state index contributed by atoms with van der Waals surface area (Å²) in [6.45, 7) is 3.68. The first-order chi connectivity index (χ1) is 15.9. The zero-order valence-corrected chi connectivity index (χ0v) is 18.3. The Labute approximate surface area is 191 Å². The van der Waals surface area contributed by atoms with Gasteiger partial charge in [0.1, 0.15) is 5.75 Å². The molecule has 0 fully saturated rings. The lowest BCUT2D eigenvalue weighted by Gasteiger charge is -2.16. The van der Waals surface area contributed by atoms with E-state index in [0.29, 0.717) is 11.3 Å². The van der Waals surface area contributed by atoms with Gasteiger partial charge in [0.2, 0.25) is 0 Å². The predicted octanol–water partition coefficient (Wildman–Crippen LogP) is 5.95. The van der Waals surface area contributed by atoms with E-state index in [0.717, 1.165) is 27.8 Å². The van der Waals surface area contributed by atoms with Crippen LogP contribution in [0.3, 0.4) is 0 Å². The van der Waals surface area contributed by atoms with Crippen LogP contribution in [-0.2, 0) is 4.79 Å². The molecular weight excluding hydrogens is 418 g/mol. The van der Waals surface area contributed by atoms with Crippen LogP contribution in [0.15, 0.2) is 83.7 Å². The molecule has 6 nitrogen and oxygen atoms in total. The minimum Gasteiger partial charge on any atom is -0.484 e. The Morgan fingerprint density at radius 3 is 2.36 bits per heavy atom. The van der Waals surface area contributed by atoms with Gasteiger partial charge in [0.25, 0.3) is 5.91 Å². The molecule has 6 heteroatoms. The highest BCUT2D eigenvalue weighted by Crippen LogP contribution is 2.33. The maximum Gasteiger partial charge on any atom is 0.337 e. The van der Waals surface area contributed by atoms with Crippen molar-refractivity contribution in [3.63, 3.8) is 0 Å². The van der Waals surface area contributed by atoms with Crippen molar-refractivity contribution < 1.29 is 23.8 Å². The largest absolute Gasteiger partial charge is 0.484 e. The molecule has 1 amide bonds. The predicted molar refractivity (Wildman–Crippen MR) is 127 cm³/mol. The zero-order valence-electron chi connectivity index (χ0n) is 18.3. The van der Waals surface area contributed by atoms with Crippen LogP contribution in [0.4, 0.5) is 5.69 Å². The van der Waals surface area contributed by atoms with Crippen LogP contribution in [0, 0.1) is 13.8 Å². The van der Waals surface area contributed by atoms with E-state index in [9.17, 15) is 14.7 Å². The molecule has 3 aromatic carbocycles. The van der Waals surface area contributed by atoms with Gasteiger partial charge in [-0.3, -0.25) is 4.79 Å². The molecule has 0 bridgehead atoms. The third kappa shape index (κ3) is 5.13. The van der Waals surface area contributed by atoms with Gasteiger partial charge in [-0.2, -0.15) is 0 Å². The number of hydrogen-bond donors (Lipinski definition) is 2. The Kier molecular flexibility index (Phi) is 6.26. The molecule has 1 heterocycles. The molecule has 0 unspecified atom stereocenters. The van der Waals surface area contributed by atoms with Crippen molar-refractivity contribution in [1.82, 2.24) is 0 Å². The van der Waals surface area contributed by atoms with E-state index in [4.69, 9.17) is 9.15 Å². The van der Waals surface area contributed by atoms with Gasteiger partial charge in [-0.05, 0) is 49.2 Å². The zero-order chi connectivity index (χ0) is 23.4. The average Bonchev–Trinajstić information content (AvgIpc) is 3.32. The fraction of sp³-hybridized carbons (Fsp3) is 0.111. The standard InChI is InChI=1S/C27H23NO5/c1-17-11-18(2)13-21(12-17)23-7-4-8-24(27(30)31)26(23)28-25(29)16-33-22-6-3-5-19(14-22)20-9-10-32-15-20/h3-15H,16H2,1-2H3,(H,28,29)(H,30,31). The highest BCUT2D eigenvalue weighted by atomic mass is 16.5. The number of carboxylic acid groups (broad SMARTS) is 1. The first-order valence-corrected chi connectivity index (χ1v) is 10.4. The summed E-state index contributed by atoms with van der Waals surface area (Å²) in [5.41, 5.74) is 5.62. The number of carbonyl (C=O) groups excluding carboxylic acids is 1. The van der Waals surface area contributed by atoms with Gasteiger partial charge in [-0.15, -0.1) is 0 Å². The van der Waals surface area contributed by atoms with Crippen LogP contribution in [0.25, 0.3) is 22.3 Å². The van der Waals surface area contributed by atoms with Crippen molar-refractivity contribution in [3.05, 3.63) is 95.9 Å². The molecule has 0 radical (unpaired) electrons. The van der Waals surface area contributed by atoms with Crippen LogP contribution in [0.1, 0.15) is 21.5 Å². The van der Waals surface area contributed by atoms with Gasteiger partial charge in [0, 0.05) is 11.1 Å². The smallest absolute Gasteiger partial charge is 0.337 e. The Morgan fingerprint density at radius 2 is 1.67 bits per heavy atom. The van der Waals surface area contributed by atoms with Crippen LogP contribution in [-0.4, -0.2) is 23.6 Å². The SMILES string of the molecule is Cc1cc(C)cc(-c2cccc(C(=O)O)c2NC(=O)COc2cccc(-c3ccoc3)c2)c1. The van der Waals surface area contributed by atoms with E-state index in [1.54, 1.807) is 30.7 Å². The first-order valence-electron chi connectivity index (χ1n) is 10.4. The summed E-state index contributed by atoms with van der Waals surface area (Å²) >= 11 is 0. The lowest BCUT2D eigenvalue weighted by atomic mass is 9.97. The Hall–Kier alpha value is -4.32. The topological polar surface area (TPSA) is 88.8 Å². The van der Waals surface area contributed by atoms with E-state index >= 15 is 0 Å². The summed E-state index contributed by atoms with van der Waals surface area (Å²) in [4.78, 5) is 24.6. The van der Waals surface area contributed by atoms with Gasteiger partial charge in [-0.1, -0.05) is 53.6 Å². The maximum atomic E-state index is 12.7. The number of amides is 1. The van der Waals surface area contributed by atoms with Crippen molar-refractivity contribution in [3.8, 4) is 28.0 Å². The van der Waals surface area contributed by atoms with Gasteiger partial charge in [-0.25, -0.2) is 4.79 Å². The molecule has 0 spiro atoms. The van der Waals surface area contributed by atoms with E-state index < -0.39 is 11.9 Å². The number of benzene rings is 3. The molecule has 0 saturated heterocycles. The number of hydrogen-bond acceptors (Lipinski definition) is 4. The van der Waals surface area contributed by atoms with Crippen molar-refractivity contribution in [2.75, 3.05) is 11.9 Å². The number of carboxylic acids is 1. The summed E-state index contributed by atoms with van der Waals surface area (Å²) in [6, 6.07) is 20.0. The second kappa shape index (κ2) is 9.44. The summed E-state index contributed by atoms with van der Waals surface area (Å²) in [7, 11) is 0. The van der Waals surface area contributed by atoms with Gasteiger partial charge < -0.3 is 19.6 Å². The molecule has 2 N–H and O–H groups in total. The van der Waals surface area contributed by atoms with Crippen LogP contribution in [0.5, 0.6) is 5.75 Å². The molecular formula is C27H23NO5. The molecule has 0 aliphatic rings. The Balaban J connectivity index is 1.56. The monoisotopic (exact) mass is 441 g/mol. The fourth-order valence-corrected chi connectivity index (χ4v) is 3.75.